The molecule has 0 bridgehead atoms. The Kier molecular flexibility index (Phi) is 6.83. The van der Waals surface area contributed by atoms with E-state index in [1.165, 1.54) is 0 Å². The van der Waals surface area contributed by atoms with Gasteiger partial charge < -0.3 is 10.0 Å². The molecule has 1 aliphatic carbocycles. The zero-order valence-corrected chi connectivity index (χ0v) is 18.1. The van der Waals surface area contributed by atoms with Gasteiger partial charge in [-0.1, -0.05) is 73.5 Å². The molecule has 1 atom stereocenters. The van der Waals surface area contributed by atoms with E-state index in [9.17, 15) is 14.7 Å². The fourth-order valence-corrected chi connectivity index (χ4v) is 5.01. The third-order valence-electron chi connectivity index (χ3n) is 6.90. The number of rotatable bonds is 7. The Hall–Kier alpha value is -2.50. The van der Waals surface area contributed by atoms with E-state index in [2.05, 4.69) is 4.90 Å². The van der Waals surface area contributed by atoms with Crippen molar-refractivity contribution in [1.82, 2.24) is 9.80 Å². The molecule has 1 saturated carbocycles. The van der Waals surface area contributed by atoms with Crippen LogP contribution in [-0.2, 0) is 10.4 Å². The van der Waals surface area contributed by atoms with Gasteiger partial charge in [0.25, 0.3) is 5.91 Å². The third-order valence-corrected chi connectivity index (χ3v) is 6.90. The minimum Gasteiger partial charge on any atom is -0.375 e. The van der Waals surface area contributed by atoms with Crippen LogP contribution in [0.1, 0.15) is 48.0 Å². The number of carbonyl (C=O) groups is 2. The van der Waals surface area contributed by atoms with E-state index in [-0.39, 0.29) is 17.6 Å². The number of amides is 1. The van der Waals surface area contributed by atoms with Crippen molar-refractivity contribution in [3.05, 3.63) is 71.8 Å². The normalized spacial score (nSPS) is 19.8. The molecule has 1 amide bonds. The van der Waals surface area contributed by atoms with E-state index in [0.717, 1.165) is 44.3 Å². The number of carbonyl (C=O) groups excluding carboxylic acids is 2. The second-order valence-corrected chi connectivity index (χ2v) is 8.79. The van der Waals surface area contributed by atoms with Crippen molar-refractivity contribution in [3.8, 4) is 0 Å². The summed E-state index contributed by atoms with van der Waals surface area (Å²) in [6.45, 7) is 3.31. The summed E-state index contributed by atoms with van der Waals surface area (Å²) in [4.78, 5) is 30.0. The van der Waals surface area contributed by atoms with Gasteiger partial charge in [0.2, 0.25) is 0 Å². The van der Waals surface area contributed by atoms with Crippen molar-refractivity contribution < 1.29 is 14.7 Å². The van der Waals surface area contributed by atoms with Crippen LogP contribution in [0.4, 0.5) is 0 Å². The number of piperazine rings is 1. The van der Waals surface area contributed by atoms with Crippen molar-refractivity contribution in [2.75, 3.05) is 32.7 Å². The maximum atomic E-state index is 13.6. The number of Topliss-reactive ketones (excluding diaryl/α,β-unsaturated/α-hetero) is 1. The van der Waals surface area contributed by atoms with Crippen LogP contribution in [0.3, 0.4) is 0 Å². The van der Waals surface area contributed by atoms with Gasteiger partial charge >= 0.3 is 0 Å². The number of hydrogen-bond acceptors (Lipinski definition) is 4. The Bertz CT molecular complexity index is 872. The standard InChI is InChI=1S/C26H32N2O3/c29-24(21-9-3-1-4-10-21)15-16-27-17-19-28(20-18-27)25(30)26(31,23-13-7-8-14-23)22-11-5-2-6-12-22/h1-6,9-12,23,31H,7-8,13-20H2. The number of hydrogen-bond donors (Lipinski definition) is 1. The first-order valence-corrected chi connectivity index (χ1v) is 11.5. The van der Waals surface area contributed by atoms with Crippen LogP contribution in [0.15, 0.2) is 60.7 Å². The molecule has 31 heavy (non-hydrogen) atoms. The van der Waals surface area contributed by atoms with Crippen LogP contribution in [0, 0.1) is 5.92 Å². The molecular formula is C26H32N2O3. The van der Waals surface area contributed by atoms with E-state index in [0.29, 0.717) is 31.6 Å². The van der Waals surface area contributed by atoms with Gasteiger partial charge in [0, 0.05) is 50.6 Å². The Morgan fingerprint density at radius 2 is 1.45 bits per heavy atom. The topological polar surface area (TPSA) is 60.9 Å². The predicted octanol–water partition coefficient (Wildman–Crippen LogP) is 3.48. The summed E-state index contributed by atoms with van der Waals surface area (Å²) in [7, 11) is 0. The zero-order valence-electron chi connectivity index (χ0n) is 18.1. The lowest BCUT2D eigenvalue weighted by Gasteiger charge is -2.41. The molecule has 2 aromatic carbocycles. The van der Waals surface area contributed by atoms with Gasteiger partial charge in [-0.15, -0.1) is 0 Å². The Balaban J connectivity index is 1.37. The van der Waals surface area contributed by atoms with Crippen LogP contribution in [-0.4, -0.2) is 59.3 Å². The minimum absolute atomic E-state index is 0.0241. The van der Waals surface area contributed by atoms with Gasteiger partial charge in [0.05, 0.1) is 0 Å². The first-order chi connectivity index (χ1) is 15.1. The smallest absolute Gasteiger partial charge is 0.259 e. The molecule has 4 rings (SSSR count). The average molecular weight is 421 g/mol. The third kappa shape index (κ3) is 4.73. The van der Waals surface area contributed by atoms with E-state index < -0.39 is 5.60 Å². The Labute approximate surface area is 184 Å². The van der Waals surface area contributed by atoms with Crippen LogP contribution in [0.5, 0.6) is 0 Å². The summed E-state index contributed by atoms with van der Waals surface area (Å²) in [5, 5.41) is 11.7. The molecule has 1 saturated heterocycles. The van der Waals surface area contributed by atoms with Crippen molar-refractivity contribution in [1.29, 1.82) is 0 Å². The summed E-state index contributed by atoms with van der Waals surface area (Å²) >= 11 is 0. The summed E-state index contributed by atoms with van der Waals surface area (Å²) in [5.41, 5.74) is 0.0204. The maximum absolute atomic E-state index is 13.6. The van der Waals surface area contributed by atoms with Crippen molar-refractivity contribution in [3.63, 3.8) is 0 Å². The molecule has 164 valence electrons. The minimum atomic E-state index is -1.44. The van der Waals surface area contributed by atoms with Gasteiger partial charge in [-0.3, -0.25) is 14.5 Å². The molecule has 0 aromatic heterocycles. The molecule has 2 aliphatic rings. The fraction of sp³-hybridized carbons (Fsp3) is 0.462. The van der Waals surface area contributed by atoms with Gasteiger partial charge in [0.1, 0.15) is 0 Å². The maximum Gasteiger partial charge on any atom is 0.259 e. The molecule has 0 spiro atoms. The fourth-order valence-electron chi connectivity index (χ4n) is 5.01. The van der Waals surface area contributed by atoms with E-state index in [1.807, 2.05) is 65.6 Å². The van der Waals surface area contributed by atoms with Crippen LogP contribution in [0.25, 0.3) is 0 Å². The van der Waals surface area contributed by atoms with Crippen molar-refractivity contribution in [2.24, 2.45) is 5.92 Å². The predicted molar refractivity (Wildman–Crippen MR) is 121 cm³/mol. The summed E-state index contributed by atoms with van der Waals surface area (Å²) < 4.78 is 0. The SMILES string of the molecule is O=C(CCN1CCN(C(=O)C(O)(c2ccccc2)C2CCCC2)CC1)c1ccccc1. The molecule has 5 nitrogen and oxygen atoms in total. The second-order valence-electron chi connectivity index (χ2n) is 8.79. The summed E-state index contributed by atoms with van der Waals surface area (Å²) in [5.74, 6) is -0.0340. The largest absolute Gasteiger partial charge is 0.375 e. The molecule has 1 unspecified atom stereocenters. The van der Waals surface area contributed by atoms with E-state index in [4.69, 9.17) is 0 Å². The first kappa shape index (κ1) is 21.7. The van der Waals surface area contributed by atoms with Gasteiger partial charge in [0.15, 0.2) is 11.4 Å². The molecule has 1 heterocycles. The highest BCUT2D eigenvalue weighted by Crippen LogP contribution is 2.42. The quantitative estimate of drug-likeness (QED) is 0.697. The van der Waals surface area contributed by atoms with Gasteiger partial charge in [-0.05, 0) is 18.4 Å². The van der Waals surface area contributed by atoms with Crippen LogP contribution in [0.2, 0.25) is 0 Å². The second kappa shape index (κ2) is 9.75. The highest BCUT2D eigenvalue weighted by atomic mass is 16.3. The summed E-state index contributed by atoms with van der Waals surface area (Å²) in [6.07, 6.45) is 4.39. The molecule has 5 heteroatoms. The first-order valence-electron chi connectivity index (χ1n) is 11.5. The molecule has 1 aliphatic heterocycles. The van der Waals surface area contributed by atoms with E-state index in [1.54, 1.807) is 0 Å². The van der Waals surface area contributed by atoms with Crippen LogP contribution < -0.4 is 0 Å². The zero-order chi connectivity index (χ0) is 21.7. The van der Waals surface area contributed by atoms with Crippen molar-refractivity contribution >= 4 is 11.7 Å². The van der Waals surface area contributed by atoms with Gasteiger partial charge in [-0.2, -0.15) is 0 Å². The molecular weight excluding hydrogens is 388 g/mol. The number of ketones is 1. The number of benzene rings is 2. The highest BCUT2D eigenvalue weighted by molar-refractivity contribution is 5.96. The van der Waals surface area contributed by atoms with Crippen molar-refractivity contribution in [2.45, 2.75) is 37.7 Å². The Morgan fingerprint density at radius 3 is 2.06 bits per heavy atom. The van der Waals surface area contributed by atoms with E-state index >= 15 is 0 Å². The van der Waals surface area contributed by atoms with Gasteiger partial charge in [-0.25, -0.2) is 0 Å². The lowest BCUT2D eigenvalue weighted by Crippen LogP contribution is -2.56. The average Bonchev–Trinajstić information content (AvgIpc) is 3.38. The Morgan fingerprint density at radius 1 is 0.871 bits per heavy atom. The van der Waals surface area contributed by atoms with Crippen LogP contribution >= 0.6 is 0 Å². The molecule has 2 aromatic rings. The summed E-state index contributed by atoms with van der Waals surface area (Å²) in [6, 6.07) is 18.8. The monoisotopic (exact) mass is 420 g/mol. The lowest BCUT2D eigenvalue weighted by atomic mass is 9.79. The molecule has 2 fully saturated rings. The molecule has 0 radical (unpaired) electrons. The number of aliphatic hydroxyl groups is 1. The number of nitrogens with zero attached hydrogens (tertiary/aromatic N) is 2. The lowest BCUT2D eigenvalue weighted by molar-refractivity contribution is -0.161. The highest BCUT2D eigenvalue weighted by Gasteiger charge is 2.48. The molecule has 1 N–H and O–H groups in total.